The highest BCUT2D eigenvalue weighted by Gasteiger charge is 2.45. The van der Waals surface area contributed by atoms with Crippen molar-refractivity contribution in [2.75, 3.05) is 7.11 Å². The molecule has 1 aromatic rings. The molecule has 1 saturated heterocycles. The molecule has 18 heavy (non-hydrogen) atoms. The van der Waals surface area contributed by atoms with Gasteiger partial charge in [0.2, 0.25) is 5.91 Å². The zero-order chi connectivity index (χ0) is 13.0. The van der Waals surface area contributed by atoms with E-state index in [1.54, 1.807) is 0 Å². The van der Waals surface area contributed by atoms with Crippen molar-refractivity contribution < 1.29 is 19.2 Å². The molecule has 2 atom stereocenters. The monoisotopic (exact) mass is 250 g/mol. The summed E-state index contributed by atoms with van der Waals surface area (Å²) in [5, 5.41) is 2.45. The van der Waals surface area contributed by atoms with Crippen molar-refractivity contribution >= 4 is 11.8 Å². The van der Waals surface area contributed by atoms with Gasteiger partial charge in [0.15, 0.2) is 5.92 Å². The fourth-order valence-corrected chi connectivity index (χ4v) is 1.63. The number of rotatable bonds is 5. The number of nitrogens with one attached hydrogen (secondary N) is 2. The first-order valence-corrected chi connectivity index (χ1v) is 5.51. The molecule has 1 aromatic carbocycles. The Morgan fingerprint density at radius 1 is 1.39 bits per heavy atom. The highest BCUT2D eigenvalue weighted by molar-refractivity contribution is 6.04. The SMILES string of the molecule is CO[C@@H]1NC(=O)[C@H]1C(=O)NOCc1ccccc1. The van der Waals surface area contributed by atoms with E-state index in [0.717, 1.165) is 5.56 Å². The zero-order valence-corrected chi connectivity index (χ0v) is 9.88. The molecular formula is C12H14N2O4. The van der Waals surface area contributed by atoms with Gasteiger partial charge in [-0.15, -0.1) is 0 Å². The standard InChI is InChI=1S/C12H14N2O4/c1-17-12-9(10(15)13-12)11(16)14-18-7-8-5-3-2-4-6-8/h2-6,9,12H,7H2,1H3,(H,13,15)(H,14,16)/t9-,12-/m0/s1. The van der Waals surface area contributed by atoms with Crippen molar-refractivity contribution in [2.24, 2.45) is 5.92 Å². The maximum atomic E-state index is 11.6. The lowest BCUT2D eigenvalue weighted by Crippen LogP contribution is -2.64. The van der Waals surface area contributed by atoms with E-state index >= 15 is 0 Å². The zero-order valence-electron chi connectivity index (χ0n) is 9.88. The Bertz CT molecular complexity index is 435. The second-order valence-corrected chi connectivity index (χ2v) is 3.88. The summed E-state index contributed by atoms with van der Waals surface area (Å²) in [5.41, 5.74) is 3.18. The first kappa shape index (κ1) is 12.5. The number of β-lactam (4-membered cyclic amide) rings is 1. The summed E-state index contributed by atoms with van der Waals surface area (Å²) in [7, 11) is 1.43. The molecule has 2 N–H and O–H groups in total. The van der Waals surface area contributed by atoms with Crippen molar-refractivity contribution in [3.8, 4) is 0 Å². The molecule has 0 unspecified atom stereocenters. The van der Waals surface area contributed by atoms with Gasteiger partial charge >= 0.3 is 0 Å². The van der Waals surface area contributed by atoms with Gasteiger partial charge in [0.1, 0.15) is 6.23 Å². The van der Waals surface area contributed by atoms with Gasteiger partial charge in [-0.1, -0.05) is 30.3 Å². The Kier molecular flexibility index (Phi) is 3.91. The Labute approximate surface area is 104 Å². The molecule has 2 amide bonds. The summed E-state index contributed by atoms with van der Waals surface area (Å²) >= 11 is 0. The lowest BCUT2D eigenvalue weighted by Gasteiger charge is -2.33. The summed E-state index contributed by atoms with van der Waals surface area (Å²) in [6.07, 6.45) is -0.571. The van der Waals surface area contributed by atoms with Crippen LogP contribution >= 0.6 is 0 Å². The quantitative estimate of drug-likeness (QED) is 0.436. The molecule has 0 bridgehead atoms. The van der Waals surface area contributed by atoms with Crippen molar-refractivity contribution in [1.29, 1.82) is 0 Å². The van der Waals surface area contributed by atoms with Crippen molar-refractivity contribution in [1.82, 2.24) is 10.8 Å². The summed E-state index contributed by atoms with van der Waals surface area (Å²) in [6.45, 7) is 0.249. The van der Waals surface area contributed by atoms with Gasteiger partial charge in [-0.2, -0.15) is 0 Å². The van der Waals surface area contributed by atoms with E-state index in [4.69, 9.17) is 9.57 Å². The number of benzene rings is 1. The largest absolute Gasteiger partial charge is 0.360 e. The van der Waals surface area contributed by atoms with Crippen LogP contribution in [0.3, 0.4) is 0 Å². The van der Waals surface area contributed by atoms with Crippen LogP contribution in [0.15, 0.2) is 30.3 Å². The van der Waals surface area contributed by atoms with Crippen molar-refractivity contribution in [3.63, 3.8) is 0 Å². The molecule has 0 aliphatic carbocycles. The van der Waals surface area contributed by atoms with Gasteiger partial charge in [-0.25, -0.2) is 5.48 Å². The van der Waals surface area contributed by atoms with Gasteiger partial charge in [-0.3, -0.25) is 14.4 Å². The molecule has 0 spiro atoms. The minimum Gasteiger partial charge on any atom is -0.360 e. The Balaban J connectivity index is 1.77. The summed E-state index contributed by atoms with van der Waals surface area (Å²) in [5.74, 6) is -1.70. The lowest BCUT2D eigenvalue weighted by atomic mass is 9.99. The molecule has 2 rings (SSSR count). The molecule has 1 heterocycles. The fraction of sp³-hybridized carbons (Fsp3) is 0.333. The summed E-state index contributed by atoms with van der Waals surface area (Å²) < 4.78 is 4.91. The van der Waals surface area contributed by atoms with Crippen LogP contribution in [0.5, 0.6) is 0 Å². The molecule has 1 aliphatic heterocycles. The van der Waals surface area contributed by atoms with Crippen molar-refractivity contribution in [2.45, 2.75) is 12.8 Å². The van der Waals surface area contributed by atoms with Gasteiger partial charge in [0.25, 0.3) is 5.91 Å². The maximum absolute atomic E-state index is 11.6. The van der Waals surface area contributed by atoms with Gasteiger partial charge in [-0.05, 0) is 5.56 Å². The lowest BCUT2D eigenvalue weighted by molar-refractivity contribution is -0.164. The number of hydroxylamine groups is 1. The van der Waals surface area contributed by atoms with Gasteiger partial charge in [0.05, 0.1) is 6.61 Å². The molecule has 1 aliphatic rings. The molecule has 0 aromatic heterocycles. The third-order valence-corrected chi connectivity index (χ3v) is 2.66. The maximum Gasteiger partial charge on any atom is 0.260 e. The fourth-order valence-electron chi connectivity index (χ4n) is 1.63. The number of hydrogen-bond donors (Lipinski definition) is 2. The van der Waals surface area contributed by atoms with Crippen LogP contribution in [-0.2, 0) is 25.8 Å². The number of methoxy groups -OCH3 is 1. The van der Waals surface area contributed by atoms with E-state index in [1.165, 1.54) is 7.11 Å². The Hall–Kier alpha value is -1.92. The highest BCUT2D eigenvalue weighted by atomic mass is 16.7. The Morgan fingerprint density at radius 2 is 2.11 bits per heavy atom. The smallest absolute Gasteiger partial charge is 0.260 e. The average Bonchev–Trinajstić information content (AvgIpc) is 2.37. The van der Waals surface area contributed by atoms with E-state index in [1.807, 2.05) is 30.3 Å². The second-order valence-electron chi connectivity index (χ2n) is 3.88. The highest BCUT2D eigenvalue weighted by Crippen LogP contribution is 2.15. The predicted octanol–water partition coefficient (Wildman–Crippen LogP) is -0.0471. The van der Waals surface area contributed by atoms with Crippen LogP contribution in [0.25, 0.3) is 0 Å². The predicted molar refractivity (Wildman–Crippen MR) is 61.8 cm³/mol. The number of ether oxygens (including phenoxy) is 1. The van der Waals surface area contributed by atoms with E-state index < -0.39 is 18.1 Å². The molecule has 0 saturated carbocycles. The molecule has 96 valence electrons. The normalized spacial score (nSPS) is 21.9. The molecule has 1 fully saturated rings. The van der Waals surface area contributed by atoms with E-state index in [-0.39, 0.29) is 12.5 Å². The minimum atomic E-state index is -0.842. The third-order valence-electron chi connectivity index (χ3n) is 2.66. The number of amides is 2. The van der Waals surface area contributed by atoms with Gasteiger partial charge < -0.3 is 10.1 Å². The van der Waals surface area contributed by atoms with Crippen LogP contribution in [-0.4, -0.2) is 25.2 Å². The molecule has 6 heteroatoms. The Morgan fingerprint density at radius 3 is 2.72 bits per heavy atom. The summed E-state index contributed by atoms with van der Waals surface area (Å²) in [6, 6.07) is 9.39. The number of carbonyl (C=O) groups excluding carboxylic acids is 2. The average molecular weight is 250 g/mol. The van der Waals surface area contributed by atoms with Crippen LogP contribution in [0.4, 0.5) is 0 Å². The first-order chi connectivity index (χ1) is 8.72. The molecule has 6 nitrogen and oxygen atoms in total. The second kappa shape index (κ2) is 5.61. The summed E-state index contributed by atoms with van der Waals surface area (Å²) in [4.78, 5) is 27.8. The van der Waals surface area contributed by atoms with Crippen LogP contribution in [0, 0.1) is 5.92 Å². The first-order valence-electron chi connectivity index (χ1n) is 5.51. The number of carbonyl (C=O) groups is 2. The van der Waals surface area contributed by atoms with E-state index in [2.05, 4.69) is 10.8 Å². The number of hydrogen-bond acceptors (Lipinski definition) is 4. The minimum absolute atomic E-state index is 0.249. The van der Waals surface area contributed by atoms with E-state index in [0.29, 0.717) is 0 Å². The molecule has 0 radical (unpaired) electrons. The van der Waals surface area contributed by atoms with Crippen LogP contribution in [0.2, 0.25) is 0 Å². The van der Waals surface area contributed by atoms with Crippen LogP contribution in [0.1, 0.15) is 5.56 Å². The topological polar surface area (TPSA) is 76.7 Å². The van der Waals surface area contributed by atoms with Gasteiger partial charge in [0, 0.05) is 7.11 Å². The molecular weight excluding hydrogens is 236 g/mol. The van der Waals surface area contributed by atoms with Crippen molar-refractivity contribution in [3.05, 3.63) is 35.9 Å². The third kappa shape index (κ3) is 2.66. The van der Waals surface area contributed by atoms with Crippen LogP contribution < -0.4 is 10.8 Å². The van der Waals surface area contributed by atoms with E-state index in [9.17, 15) is 9.59 Å².